The van der Waals surface area contributed by atoms with E-state index < -0.39 is 0 Å². The van der Waals surface area contributed by atoms with Gasteiger partial charge in [-0.05, 0) is 18.8 Å². The lowest BCUT2D eigenvalue weighted by molar-refractivity contribution is -0.146. The first-order chi connectivity index (χ1) is 8.61. The summed E-state index contributed by atoms with van der Waals surface area (Å²) in [4.78, 5) is 25.4. The van der Waals surface area contributed by atoms with Gasteiger partial charge in [-0.25, -0.2) is 0 Å². The molecule has 102 valence electrons. The Hall–Kier alpha value is -1.10. The molecule has 0 saturated carbocycles. The van der Waals surface area contributed by atoms with Crippen molar-refractivity contribution in [3.8, 4) is 0 Å². The van der Waals surface area contributed by atoms with Crippen molar-refractivity contribution >= 4 is 11.9 Å². The summed E-state index contributed by atoms with van der Waals surface area (Å²) in [5, 5.41) is 0. The van der Waals surface area contributed by atoms with Crippen LogP contribution in [0, 0.1) is 11.8 Å². The van der Waals surface area contributed by atoms with Crippen molar-refractivity contribution in [2.45, 2.75) is 32.3 Å². The van der Waals surface area contributed by atoms with Crippen molar-refractivity contribution in [2.24, 2.45) is 11.8 Å². The number of hydrogen-bond acceptors (Lipinski definition) is 4. The zero-order valence-electron chi connectivity index (χ0n) is 11.1. The molecule has 18 heavy (non-hydrogen) atoms. The molecule has 2 rings (SSSR count). The summed E-state index contributed by atoms with van der Waals surface area (Å²) in [6.45, 7) is 3.88. The number of carbonyl (C=O) groups is 2. The van der Waals surface area contributed by atoms with Crippen LogP contribution in [0.2, 0.25) is 0 Å². The molecular weight excluding hydrogens is 234 g/mol. The number of rotatable bonds is 3. The maximum atomic E-state index is 12.1. The quantitative estimate of drug-likeness (QED) is 0.701. The van der Waals surface area contributed by atoms with E-state index in [1.54, 1.807) is 4.90 Å². The maximum Gasteiger partial charge on any atom is 0.310 e. The molecule has 2 fully saturated rings. The monoisotopic (exact) mass is 255 g/mol. The van der Waals surface area contributed by atoms with Gasteiger partial charge < -0.3 is 14.4 Å². The third-order valence-corrected chi connectivity index (χ3v) is 3.90. The highest BCUT2D eigenvalue weighted by molar-refractivity contribution is 5.79. The average Bonchev–Trinajstić information content (AvgIpc) is 2.97. The van der Waals surface area contributed by atoms with E-state index in [-0.39, 0.29) is 29.8 Å². The molecule has 2 heterocycles. The van der Waals surface area contributed by atoms with Gasteiger partial charge in [-0.15, -0.1) is 0 Å². The van der Waals surface area contributed by atoms with Crippen molar-refractivity contribution in [2.75, 3.05) is 26.8 Å². The molecule has 0 bridgehead atoms. The van der Waals surface area contributed by atoms with E-state index in [0.717, 1.165) is 19.4 Å². The summed E-state index contributed by atoms with van der Waals surface area (Å²) in [5.41, 5.74) is 0. The second kappa shape index (κ2) is 5.69. The third-order valence-electron chi connectivity index (χ3n) is 3.90. The standard InChI is InChI=1S/C13H21NO4/c1-9-7-14(8-11(9)13(16)17-2)12(15)6-10-4-3-5-18-10/h9-11H,3-8H2,1-2H3. The summed E-state index contributed by atoms with van der Waals surface area (Å²) in [6.07, 6.45) is 2.53. The predicted octanol–water partition coefficient (Wildman–Crippen LogP) is 0.823. The van der Waals surface area contributed by atoms with E-state index in [9.17, 15) is 9.59 Å². The van der Waals surface area contributed by atoms with Crippen LogP contribution >= 0.6 is 0 Å². The van der Waals surface area contributed by atoms with Crippen LogP contribution in [0.3, 0.4) is 0 Å². The van der Waals surface area contributed by atoms with Crippen molar-refractivity contribution < 1.29 is 19.1 Å². The molecule has 0 spiro atoms. The molecule has 0 N–H and O–H groups in total. The van der Waals surface area contributed by atoms with Crippen LogP contribution in [-0.2, 0) is 19.1 Å². The Balaban J connectivity index is 1.86. The van der Waals surface area contributed by atoms with Gasteiger partial charge in [-0.1, -0.05) is 6.92 Å². The van der Waals surface area contributed by atoms with E-state index in [1.165, 1.54) is 7.11 Å². The van der Waals surface area contributed by atoms with E-state index >= 15 is 0 Å². The lowest BCUT2D eigenvalue weighted by Crippen LogP contribution is -2.32. The zero-order chi connectivity index (χ0) is 13.1. The third kappa shape index (κ3) is 2.83. The summed E-state index contributed by atoms with van der Waals surface area (Å²) in [7, 11) is 1.39. The van der Waals surface area contributed by atoms with Crippen molar-refractivity contribution in [1.29, 1.82) is 0 Å². The Morgan fingerprint density at radius 3 is 2.78 bits per heavy atom. The second-order valence-electron chi connectivity index (χ2n) is 5.24. The van der Waals surface area contributed by atoms with Gasteiger partial charge in [0.2, 0.25) is 5.91 Å². The fraction of sp³-hybridized carbons (Fsp3) is 0.846. The van der Waals surface area contributed by atoms with Crippen LogP contribution in [0.25, 0.3) is 0 Å². The molecule has 0 aliphatic carbocycles. The van der Waals surface area contributed by atoms with E-state index in [1.807, 2.05) is 6.92 Å². The minimum atomic E-state index is -0.213. The molecule has 2 aliphatic heterocycles. The largest absolute Gasteiger partial charge is 0.469 e. The van der Waals surface area contributed by atoms with Gasteiger partial charge in [0.15, 0.2) is 0 Å². The number of carbonyl (C=O) groups excluding carboxylic acids is 2. The molecule has 1 amide bonds. The number of methoxy groups -OCH3 is 1. The molecule has 0 radical (unpaired) electrons. The van der Waals surface area contributed by atoms with Gasteiger partial charge in [0.25, 0.3) is 0 Å². The normalized spacial score (nSPS) is 31.7. The second-order valence-corrected chi connectivity index (χ2v) is 5.24. The average molecular weight is 255 g/mol. The summed E-state index contributed by atoms with van der Waals surface area (Å²) < 4.78 is 10.2. The van der Waals surface area contributed by atoms with Crippen LogP contribution in [0.15, 0.2) is 0 Å². The smallest absolute Gasteiger partial charge is 0.310 e. The van der Waals surface area contributed by atoms with Crippen molar-refractivity contribution in [3.05, 3.63) is 0 Å². The molecule has 2 saturated heterocycles. The number of ether oxygens (including phenoxy) is 2. The number of hydrogen-bond donors (Lipinski definition) is 0. The van der Waals surface area contributed by atoms with E-state index in [0.29, 0.717) is 19.5 Å². The highest BCUT2D eigenvalue weighted by atomic mass is 16.5. The summed E-state index contributed by atoms with van der Waals surface area (Å²) in [5.74, 6) is -0.121. The van der Waals surface area contributed by atoms with Gasteiger partial charge >= 0.3 is 5.97 Å². The minimum absolute atomic E-state index is 0.0741. The molecular formula is C13H21NO4. The van der Waals surface area contributed by atoms with E-state index in [4.69, 9.17) is 9.47 Å². The van der Waals surface area contributed by atoms with Gasteiger partial charge in [0.1, 0.15) is 0 Å². The van der Waals surface area contributed by atoms with Crippen LogP contribution in [0.5, 0.6) is 0 Å². The topological polar surface area (TPSA) is 55.8 Å². The Kier molecular flexibility index (Phi) is 4.22. The zero-order valence-corrected chi connectivity index (χ0v) is 11.1. The summed E-state index contributed by atoms with van der Waals surface area (Å²) in [6, 6.07) is 0. The molecule has 5 heteroatoms. The van der Waals surface area contributed by atoms with Crippen LogP contribution in [0.4, 0.5) is 0 Å². The van der Waals surface area contributed by atoms with Gasteiger partial charge in [0.05, 0.1) is 25.6 Å². The fourth-order valence-corrected chi connectivity index (χ4v) is 2.76. The molecule has 3 atom stereocenters. The first-order valence-corrected chi connectivity index (χ1v) is 6.59. The minimum Gasteiger partial charge on any atom is -0.469 e. The molecule has 0 aromatic heterocycles. The number of nitrogens with zero attached hydrogens (tertiary/aromatic N) is 1. The maximum absolute atomic E-state index is 12.1. The Labute approximate surface area is 107 Å². The first kappa shape index (κ1) is 13.3. The summed E-state index contributed by atoms with van der Waals surface area (Å²) >= 11 is 0. The first-order valence-electron chi connectivity index (χ1n) is 6.59. The SMILES string of the molecule is COC(=O)C1CN(C(=O)CC2CCCO2)CC1C. The van der Waals surface area contributed by atoms with Gasteiger partial charge in [-0.3, -0.25) is 9.59 Å². The lowest BCUT2D eigenvalue weighted by Gasteiger charge is -2.18. The molecule has 3 unspecified atom stereocenters. The Morgan fingerprint density at radius 2 is 2.17 bits per heavy atom. The van der Waals surface area contributed by atoms with Gasteiger partial charge in [0, 0.05) is 19.7 Å². The van der Waals surface area contributed by atoms with E-state index in [2.05, 4.69) is 0 Å². The highest BCUT2D eigenvalue weighted by Crippen LogP contribution is 2.26. The Bertz CT molecular complexity index is 325. The molecule has 2 aliphatic rings. The van der Waals surface area contributed by atoms with Crippen molar-refractivity contribution in [1.82, 2.24) is 4.90 Å². The number of likely N-dealkylation sites (tertiary alicyclic amines) is 1. The fourth-order valence-electron chi connectivity index (χ4n) is 2.76. The highest BCUT2D eigenvalue weighted by Gasteiger charge is 2.38. The predicted molar refractivity (Wildman–Crippen MR) is 64.8 cm³/mol. The van der Waals surface area contributed by atoms with Gasteiger partial charge in [-0.2, -0.15) is 0 Å². The molecule has 0 aromatic rings. The van der Waals surface area contributed by atoms with Crippen LogP contribution in [-0.4, -0.2) is 49.7 Å². The molecule has 5 nitrogen and oxygen atoms in total. The molecule has 0 aromatic carbocycles. The van der Waals surface area contributed by atoms with Crippen LogP contribution in [0.1, 0.15) is 26.2 Å². The lowest BCUT2D eigenvalue weighted by atomic mass is 9.99. The number of amides is 1. The number of esters is 1. The van der Waals surface area contributed by atoms with Crippen molar-refractivity contribution in [3.63, 3.8) is 0 Å². The Morgan fingerprint density at radius 1 is 1.39 bits per heavy atom. The van der Waals surface area contributed by atoms with Crippen LogP contribution < -0.4 is 0 Å².